The number of hydrogen-bond donors (Lipinski definition) is 0. The molecule has 1 atom stereocenters. The number of nitrogens with zero attached hydrogens (tertiary/aromatic N) is 1. The van der Waals surface area contributed by atoms with Crippen LogP contribution in [0, 0.1) is 5.92 Å². The zero-order valence-electron chi connectivity index (χ0n) is 13.4. The summed E-state index contributed by atoms with van der Waals surface area (Å²) in [5, 5.41) is 0. The normalized spacial score (nSPS) is 9.33. The van der Waals surface area contributed by atoms with Gasteiger partial charge >= 0.3 is 0 Å². The molecule has 0 aliphatic rings. The predicted molar refractivity (Wildman–Crippen MR) is 81.8 cm³/mol. The Balaban J connectivity index is -0.000000328. The van der Waals surface area contributed by atoms with E-state index in [9.17, 15) is 4.79 Å². The van der Waals surface area contributed by atoms with Crippen LogP contribution in [-0.2, 0) is 11.2 Å². The molecular formula is C16H31NO. The molecule has 0 saturated carbocycles. The fourth-order valence-corrected chi connectivity index (χ4v) is 0.976. The van der Waals surface area contributed by atoms with Crippen molar-refractivity contribution in [1.29, 1.82) is 0 Å². The lowest BCUT2D eigenvalue weighted by Crippen LogP contribution is -2.10. The molecule has 0 radical (unpaired) electrons. The van der Waals surface area contributed by atoms with Crippen LogP contribution in [0.1, 0.15) is 61.1 Å². The van der Waals surface area contributed by atoms with Gasteiger partial charge in [-0.2, -0.15) is 0 Å². The van der Waals surface area contributed by atoms with Gasteiger partial charge in [0, 0.05) is 17.8 Å². The first-order chi connectivity index (χ1) is 8.70. The number of pyridine rings is 1. The maximum absolute atomic E-state index is 10.9. The van der Waals surface area contributed by atoms with Crippen LogP contribution >= 0.6 is 0 Å². The van der Waals surface area contributed by atoms with E-state index in [2.05, 4.69) is 4.98 Å². The van der Waals surface area contributed by atoms with Crippen molar-refractivity contribution in [2.45, 2.75) is 61.8 Å². The van der Waals surface area contributed by atoms with Crippen molar-refractivity contribution in [1.82, 2.24) is 4.98 Å². The van der Waals surface area contributed by atoms with E-state index < -0.39 is 0 Å². The zero-order chi connectivity index (χ0) is 15.0. The van der Waals surface area contributed by atoms with Crippen LogP contribution in [0.3, 0.4) is 0 Å². The van der Waals surface area contributed by atoms with E-state index in [-0.39, 0.29) is 11.7 Å². The van der Waals surface area contributed by atoms with Gasteiger partial charge in [-0.15, -0.1) is 0 Å². The Morgan fingerprint density at radius 1 is 1.11 bits per heavy atom. The quantitative estimate of drug-likeness (QED) is 0.764. The van der Waals surface area contributed by atoms with Crippen molar-refractivity contribution in [3.8, 4) is 0 Å². The van der Waals surface area contributed by atoms with Gasteiger partial charge in [-0.3, -0.25) is 9.78 Å². The summed E-state index contributed by atoms with van der Waals surface area (Å²) in [7, 11) is 0. The molecule has 18 heavy (non-hydrogen) atoms. The van der Waals surface area contributed by atoms with Crippen molar-refractivity contribution >= 4 is 5.78 Å². The van der Waals surface area contributed by atoms with Crippen molar-refractivity contribution in [3.63, 3.8) is 0 Å². The fraction of sp³-hybridized carbons (Fsp3) is 0.625. The molecule has 0 bridgehead atoms. The molecule has 1 unspecified atom stereocenters. The van der Waals surface area contributed by atoms with Crippen molar-refractivity contribution < 1.29 is 4.79 Å². The molecule has 0 aliphatic heterocycles. The van der Waals surface area contributed by atoms with Gasteiger partial charge in [-0.25, -0.2) is 0 Å². The molecule has 1 aromatic heterocycles. The smallest absolute Gasteiger partial charge is 0.133 e. The van der Waals surface area contributed by atoms with Gasteiger partial charge in [-0.1, -0.05) is 54.5 Å². The Kier molecular flexibility index (Phi) is 22.3. The molecule has 0 spiro atoms. The van der Waals surface area contributed by atoms with Gasteiger partial charge < -0.3 is 0 Å². The Bertz CT molecular complexity index is 257. The van der Waals surface area contributed by atoms with Crippen molar-refractivity contribution in [2.75, 3.05) is 0 Å². The van der Waals surface area contributed by atoms with Gasteiger partial charge in [0.15, 0.2) is 0 Å². The van der Waals surface area contributed by atoms with Gasteiger partial charge in [0.05, 0.1) is 0 Å². The Morgan fingerprint density at radius 3 is 1.94 bits per heavy atom. The summed E-state index contributed by atoms with van der Waals surface area (Å²) in [5.41, 5.74) is 0.986. The summed E-state index contributed by atoms with van der Waals surface area (Å²) < 4.78 is 0. The summed E-state index contributed by atoms with van der Waals surface area (Å²) >= 11 is 0. The number of hydrogen-bond acceptors (Lipinski definition) is 2. The number of aromatic nitrogens is 1. The topological polar surface area (TPSA) is 30.0 Å². The fourth-order valence-electron chi connectivity index (χ4n) is 0.976. The Morgan fingerprint density at radius 2 is 1.61 bits per heavy atom. The molecule has 0 saturated heterocycles. The van der Waals surface area contributed by atoms with Crippen LogP contribution in [0.5, 0.6) is 0 Å². The van der Waals surface area contributed by atoms with Crippen LogP contribution in [0.4, 0.5) is 0 Å². The summed E-state index contributed by atoms with van der Waals surface area (Å²) in [4.78, 5) is 15.1. The average molecular weight is 253 g/mol. The highest BCUT2D eigenvalue weighted by Crippen LogP contribution is 2.05. The lowest BCUT2D eigenvalue weighted by Gasteiger charge is -2.05. The summed E-state index contributed by atoms with van der Waals surface area (Å²) in [6.07, 6.45) is 2.50. The van der Waals surface area contributed by atoms with Crippen molar-refractivity contribution in [2.24, 2.45) is 5.92 Å². The van der Waals surface area contributed by atoms with E-state index in [0.717, 1.165) is 12.1 Å². The molecule has 2 nitrogen and oxygen atoms in total. The molecule has 0 amide bonds. The molecule has 0 aromatic carbocycles. The SMILES string of the molecule is CC.CC.CC.CC(=O)C(C)Cc1ccccn1. The number of rotatable bonds is 3. The number of ketones is 1. The molecular weight excluding hydrogens is 222 g/mol. The Hall–Kier alpha value is -1.18. The maximum atomic E-state index is 10.9. The molecule has 2 heteroatoms. The predicted octanol–water partition coefficient (Wildman–Crippen LogP) is 4.93. The summed E-state index contributed by atoms with van der Waals surface area (Å²) in [5.74, 6) is 0.306. The van der Waals surface area contributed by atoms with Crippen LogP contribution in [-0.4, -0.2) is 10.8 Å². The highest BCUT2D eigenvalue weighted by atomic mass is 16.1. The van der Waals surface area contributed by atoms with Crippen LogP contribution in [0.15, 0.2) is 24.4 Å². The van der Waals surface area contributed by atoms with E-state index in [1.54, 1.807) is 13.1 Å². The molecule has 1 heterocycles. The summed E-state index contributed by atoms with van der Waals surface area (Å²) in [6.45, 7) is 15.5. The van der Waals surface area contributed by atoms with E-state index >= 15 is 0 Å². The standard InChI is InChI=1S/C10H13NO.3C2H6/c1-8(9(2)12)7-10-5-3-4-6-11-10;3*1-2/h3-6,8H,7H2,1-2H3;3*1-2H3. The summed E-state index contributed by atoms with van der Waals surface area (Å²) in [6, 6.07) is 5.76. The van der Waals surface area contributed by atoms with E-state index in [4.69, 9.17) is 0 Å². The molecule has 1 rings (SSSR count). The van der Waals surface area contributed by atoms with Crippen molar-refractivity contribution in [3.05, 3.63) is 30.1 Å². The second-order valence-corrected chi connectivity index (χ2v) is 3.04. The third kappa shape index (κ3) is 12.9. The van der Waals surface area contributed by atoms with Crippen LogP contribution < -0.4 is 0 Å². The maximum Gasteiger partial charge on any atom is 0.133 e. The first-order valence-corrected chi connectivity index (χ1v) is 7.10. The first kappa shape index (κ1) is 22.0. The molecule has 0 N–H and O–H groups in total. The number of carbonyl (C=O) groups is 1. The van der Waals surface area contributed by atoms with E-state index in [0.29, 0.717) is 0 Å². The van der Waals surface area contributed by atoms with Gasteiger partial charge in [0.1, 0.15) is 5.78 Å². The highest BCUT2D eigenvalue weighted by molar-refractivity contribution is 5.78. The molecule has 0 aliphatic carbocycles. The second kappa shape index (κ2) is 18.2. The monoisotopic (exact) mass is 253 g/mol. The second-order valence-electron chi connectivity index (χ2n) is 3.04. The van der Waals surface area contributed by atoms with E-state index in [1.165, 1.54) is 0 Å². The largest absolute Gasteiger partial charge is 0.300 e. The lowest BCUT2D eigenvalue weighted by atomic mass is 10.0. The highest BCUT2D eigenvalue weighted by Gasteiger charge is 2.08. The third-order valence-electron chi connectivity index (χ3n) is 1.94. The molecule has 106 valence electrons. The minimum absolute atomic E-state index is 0.0832. The van der Waals surface area contributed by atoms with Crippen LogP contribution in [0.25, 0.3) is 0 Å². The first-order valence-electron chi connectivity index (χ1n) is 7.10. The minimum atomic E-state index is 0.0832. The number of Topliss-reactive ketones (excluding diaryl/α,β-unsaturated/α-hetero) is 1. The van der Waals surface area contributed by atoms with Gasteiger partial charge in [0.2, 0.25) is 0 Å². The minimum Gasteiger partial charge on any atom is -0.300 e. The average Bonchev–Trinajstić information content (AvgIpc) is 2.46. The number of carbonyl (C=O) groups excluding carboxylic acids is 1. The van der Waals surface area contributed by atoms with E-state index in [1.807, 2.05) is 66.7 Å². The third-order valence-corrected chi connectivity index (χ3v) is 1.94. The Labute approximate surface area is 114 Å². The zero-order valence-corrected chi connectivity index (χ0v) is 13.4. The molecule has 0 fully saturated rings. The van der Waals surface area contributed by atoms with Gasteiger partial charge in [-0.05, 0) is 25.5 Å². The molecule has 1 aromatic rings. The lowest BCUT2D eigenvalue weighted by molar-refractivity contribution is -0.120. The van der Waals surface area contributed by atoms with Crippen LogP contribution in [0.2, 0.25) is 0 Å². The van der Waals surface area contributed by atoms with Gasteiger partial charge in [0.25, 0.3) is 0 Å².